The van der Waals surface area contributed by atoms with Gasteiger partial charge in [-0.15, -0.1) is 0 Å². The molecule has 0 atom stereocenters. The number of rotatable bonds is 4. The standard InChI is InChI=1S/C19H15BrN2O/c20-17-10-6-9-16(13-17)19(23)22(18-11-4-5-12-21-18)14-15-7-2-1-3-8-15/h1-13H,14H2. The van der Waals surface area contributed by atoms with Crippen molar-refractivity contribution >= 4 is 27.7 Å². The molecule has 0 unspecified atom stereocenters. The third-order valence-corrected chi connectivity index (χ3v) is 3.92. The van der Waals surface area contributed by atoms with Gasteiger partial charge in [0.15, 0.2) is 0 Å². The zero-order valence-electron chi connectivity index (χ0n) is 12.4. The largest absolute Gasteiger partial charge is 0.288 e. The molecule has 0 saturated heterocycles. The van der Waals surface area contributed by atoms with Gasteiger partial charge in [-0.25, -0.2) is 4.98 Å². The first-order chi connectivity index (χ1) is 11.2. The van der Waals surface area contributed by atoms with Crippen molar-refractivity contribution in [2.24, 2.45) is 0 Å². The van der Waals surface area contributed by atoms with Crippen molar-refractivity contribution in [3.8, 4) is 0 Å². The summed E-state index contributed by atoms with van der Waals surface area (Å²) in [6.07, 6.45) is 1.70. The number of hydrogen-bond donors (Lipinski definition) is 0. The predicted octanol–water partition coefficient (Wildman–Crippen LogP) is 4.69. The van der Waals surface area contributed by atoms with Crippen molar-refractivity contribution in [2.75, 3.05) is 4.90 Å². The van der Waals surface area contributed by atoms with E-state index in [2.05, 4.69) is 20.9 Å². The lowest BCUT2D eigenvalue weighted by atomic mass is 10.1. The Bertz CT molecular complexity index is 791. The summed E-state index contributed by atoms with van der Waals surface area (Å²) in [5.74, 6) is 0.565. The summed E-state index contributed by atoms with van der Waals surface area (Å²) in [7, 11) is 0. The van der Waals surface area contributed by atoms with Crippen molar-refractivity contribution in [3.05, 3.63) is 94.6 Å². The van der Waals surface area contributed by atoms with Crippen LogP contribution in [0, 0.1) is 0 Å². The monoisotopic (exact) mass is 366 g/mol. The van der Waals surface area contributed by atoms with E-state index < -0.39 is 0 Å². The molecule has 1 amide bonds. The maximum Gasteiger partial charge on any atom is 0.259 e. The van der Waals surface area contributed by atoms with Gasteiger partial charge in [-0.05, 0) is 35.9 Å². The van der Waals surface area contributed by atoms with Crippen molar-refractivity contribution in [3.63, 3.8) is 0 Å². The number of anilines is 1. The van der Waals surface area contributed by atoms with Crippen LogP contribution in [0.5, 0.6) is 0 Å². The van der Waals surface area contributed by atoms with Gasteiger partial charge in [-0.1, -0.05) is 58.4 Å². The molecule has 0 bridgehead atoms. The number of pyridine rings is 1. The summed E-state index contributed by atoms with van der Waals surface area (Å²) >= 11 is 3.42. The zero-order valence-corrected chi connectivity index (χ0v) is 14.0. The number of halogens is 1. The summed E-state index contributed by atoms with van der Waals surface area (Å²) < 4.78 is 0.879. The number of carbonyl (C=O) groups is 1. The van der Waals surface area contributed by atoms with E-state index >= 15 is 0 Å². The Kier molecular flexibility index (Phi) is 4.83. The fourth-order valence-electron chi connectivity index (χ4n) is 2.31. The third-order valence-electron chi connectivity index (χ3n) is 3.43. The summed E-state index contributed by atoms with van der Waals surface area (Å²) in [5, 5.41) is 0. The Labute approximate surface area is 143 Å². The van der Waals surface area contributed by atoms with Crippen LogP contribution in [-0.2, 0) is 6.54 Å². The Balaban J connectivity index is 1.96. The van der Waals surface area contributed by atoms with Crippen molar-refractivity contribution in [1.82, 2.24) is 4.98 Å². The molecule has 0 aliphatic heterocycles. The highest BCUT2D eigenvalue weighted by molar-refractivity contribution is 9.10. The summed E-state index contributed by atoms with van der Waals surface area (Å²) in [5.41, 5.74) is 1.68. The van der Waals surface area contributed by atoms with E-state index in [0.717, 1.165) is 10.0 Å². The average molecular weight is 367 g/mol. The van der Waals surface area contributed by atoms with Crippen molar-refractivity contribution in [1.29, 1.82) is 0 Å². The van der Waals surface area contributed by atoms with Gasteiger partial charge < -0.3 is 0 Å². The molecule has 0 spiro atoms. The Hall–Kier alpha value is -2.46. The molecule has 114 valence electrons. The van der Waals surface area contributed by atoms with E-state index in [4.69, 9.17) is 0 Å². The fourth-order valence-corrected chi connectivity index (χ4v) is 2.71. The minimum Gasteiger partial charge on any atom is -0.288 e. The van der Waals surface area contributed by atoms with Gasteiger partial charge in [0, 0.05) is 16.2 Å². The van der Waals surface area contributed by atoms with Gasteiger partial charge in [-0.3, -0.25) is 9.69 Å². The van der Waals surface area contributed by atoms with E-state index in [9.17, 15) is 4.79 Å². The lowest BCUT2D eigenvalue weighted by molar-refractivity contribution is 0.0984. The molecule has 0 saturated carbocycles. The minimum absolute atomic E-state index is 0.0751. The quantitative estimate of drug-likeness (QED) is 0.670. The minimum atomic E-state index is -0.0751. The van der Waals surface area contributed by atoms with Gasteiger partial charge in [0.1, 0.15) is 5.82 Å². The number of hydrogen-bond acceptors (Lipinski definition) is 2. The molecule has 1 aromatic heterocycles. The third kappa shape index (κ3) is 3.85. The SMILES string of the molecule is O=C(c1cccc(Br)c1)N(Cc1ccccc1)c1ccccn1. The number of aromatic nitrogens is 1. The van der Waals surface area contributed by atoms with Crippen LogP contribution in [0.1, 0.15) is 15.9 Å². The second-order valence-corrected chi connectivity index (χ2v) is 5.99. The fraction of sp³-hybridized carbons (Fsp3) is 0.0526. The van der Waals surface area contributed by atoms with Gasteiger partial charge >= 0.3 is 0 Å². The van der Waals surface area contributed by atoms with E-state index in [0.29, 0.717) is 17.9 Å². The first kappa shape index (κ1) is 15.4. The van der Waals surface area contributed by atoms with Crippen LogP contribution in [0.25, 0.3) is 0 Å². The topological polar surface area (TPSA) is 33.2 Å². The van der Waals surface area contributed by atoms with Crippen LogP contribution in [0.3, 0.4) is 0 Å². The smallest absolute Gasteiger partial charge is 0.259 e. The highest BCUT2D eigenvalue weighted by Crippen LogP contribution is 2.19. The van der Waals surface area contributed by atoms with Crippen LogP contribution < -0.4 is 4.90 Å². The lowest BCUT2D eigenvalue weighted by Crippen LogP contribution is -2.31. The first-order valence-corrected chi connectivity index (χ1v) is 8.06. The van der Waals surface area contributed by atoms with Crippen LogP contribution in [0.4, 0.5) is 5.82 Å². The summed E-state index contributed by atoms with van der Waals surface area (Å²) in [6, 6.07) is 22.9. The number of benzene rings is 2. The van der Waals surface area contributed by atoms with Crippen molar-refractivity contribution < 1.29 is 4.79 Å². The molecule has 3 rings (SSSR count). The van der Waals surface area contributed by atoms with Crippen molar-refractivity contribution in [2.45, 2.75) is 6.54 Å². The number of amides is 1. The molecule has 3 aromatic rings. The van der Waals surface area contributed by atoms with Crippen LogP contribution >= 0.6 is 15.9 Å². The van der Waals surface area contributed by atoms with Gasteiger partial charge in [0.25, 0.3) is 5.91 Å². The maximum absolute atomic E-state index is 13.0. The molecular weight excluding hydrogens is 352 g/mol. The molecular formula is C19H15BrN2O. The molecule has 1 heterocycles. The Morgan fingerprint density at radius 2 is 1.74 bits per heavy atom. The molecule has 0 N–H and O–H groups in total. The molecule has 2 aromatic carbocycles. The molecule has 3 nitrogen and oxygen atoms in total. The Morgan fingerprint density at radius 1 is 0.957 bits per heavy atom. The highest BCUT2D eigenvalue weighted by Gasteiger charge is 2.19. The summed E-state index contributed by atoms with van der Waals surface area (Å²) in [6.45, 7) is 0.475. The number of nitrogens with zero attached hydrogens (tertiary/aromatic N) is 2. The van der Waals surface area contributed by atoms with Gasteiger partial charge in [0.05, 0.1) is 6.54 Å². The zero-order chi connectivity index (χ0) is 16.1. The molecule has 0 radical (unpaired) electrons. The number of carbonyl (C=O) groups excluding carboxylic acids is 1. The van der Waals surface area contributed by atoms with E-state index in [1.807, 2.05) is 72.8 Å². The molecule has 23 heavy (non-hydrogen) atoms. The first-order valence-electron chi connectivity index (χ1n) is 7.26. The average Bonchev–Trinajstić information content (AvgIpc) is 2.61. The van der Waals surface area contributed by atoms with Crippen LogP contribution in [-0.4, -0.2) is 10.9 Å². The van der Waals surface area contributed by atoms with Gasteiger partial charge in [-0.2, -0.15) is 0 Å². The highest BCUT2D eigenvalue weighted by atomic mass is 79.9. The molecule has 0 fully saturated rings. The van der Waals surface area contributed by atoms with E-state index in [1.165, 1.54) is 0 Å². The van der Waals surface area contributed by atoms with Crippen LogP contribution in [0.15, 0.2) is 83.5 Å². The van der Waals surface area contributed by atoms with Crippen LogP contribution in [0.2, 0.25) is 0 Å². The second-order valence-electron chi connectivity index (χ2n) is 5.08. The molecule has 0 aliphatic rings. The normalized spacial score (nSPS) is 10.3. The van der Waals surface area contributed by atoms with E-state index in [-0.39, 0.29) is 5.91 Å². The maximum atomic E-state index is 13.0. The molecule has 4 heteroatoms. The van der Waals surface area contributed by atoms with Gasteiger partial charge in [0.2, 0.25) is 0 Å². The second kappa shape index (κ2) is 7.20. The predicted molar refractivity (Wildman–Crippen MR) is 95.3 cm³/mol. The summed E-state index contributed by atoms with van der Waals surface area (Å²) in [4.78, 5) is 19.0. The lowest BCUT2D eigenvalue weighted by Gasteiger charge is -2.22. The molecule has 0 aliphatic carbocycles. The Morgan fingerprint density at radius 3 is 2.43 bits per heavy atom. The van der Waals surface area contributed by atoms with E-state index in [1.54, 1.807) is 11.1 Å².